The van der Waals surface area contributed by atoms with Gasteiger partial charge in [0.15, 0.2) is 0 Å². The molecule has 2 aromatic heterocycles. The van der Waals surface area contributed by atoms with Crippen molar-refractivity contribution in [3.05, 3.63) is 59.6 Å². The van der Waals surface area contributed by atoms with Crippen LogP contribution in [0, 0.1) is 0 Å². The summed E-state index contributed by atoms with van der Waals surface area (Å²) in [5.41, 5.74) is 1.44. The highest BCUT2D eigenvalue weighted by Crippen LogP contribution is 2.22. The highest BCUT2D eigenvalue weighted by Gasteiger charge is 2.18. The normalized spacial score (nSPS) is 10.5. The number of hydrogen-bond acceptors (Lipinski definition) is 4. The SMILES string of the molecule is O=C(O)c1cn(-c2ccc(Cl)cc2)nc1-c1cnccn1. The van der Waals surface area contributed by atoms with Crippen LogP contribution in [0.15, 0.2) is 49.1 Å². The smallest absolute Gasteiger partial charge is 0.339 e. The number of aromatic carboxylic acids is 1. The average Bonchev–Trinajstić information content (AvgIpc) is 2.94. The molecule has 0 aliphatic carbocycles. The molecule has 0 amide bonds. The first-order chi connectivity index (χ1) is 10.1. The molecule has 0 saturated carbocycles. The van der Waals surface area contributed by atoms with E-state index in [0.717, 1.165) is 0 Å². The highest BCUT2D eigenvalue weighted by atomic mass is 35.5. The minimum atomic E-state index is -1.07. The maximum Gasteiger partial charge on any atom is 0.339 e. The number of halogens is 1. The Labute approximate surface area is 124 Å². The van der Waals surface area contributed by atoms with E-state index in [9.17, 15) is 9.90 Å². The van der Waals surface area contributed by atoms with Crippen molar-refractivity contribution in [2.45, 2.75) is 0 Å². The van der Waals surface area contributed by atoms with Crippen LogP contribution in [0.3, 0.4) is 0 Å². The molecule has 104 valence electrons. The summed E-state index contributed by atoms with van der Waals surface area (Å²) in [6.07, 6.45) is 5.92. The third kappa shape index (κ3) is 2.61. The zero-order valence-corrected chi connectivity index (χ0v) is 11.4. The van der Waals surface area contributed by atoms with Gasteiger partial charge in [-0.1, -0.05) is 11.6 Å². The molecule has 0 radical (unpaired) electrons. The van der Waals surface area contributed by atoms with Crippen molar-refractivity contribution in [3.63, 3.8) is 0 Å². The van der Waals surface area contributed by atoms with Gasteiger partial charge in [-0.15, -0.1) is 0 Å². The first kappa shape index (κ1) is 13.3. The Kier molecular flexibility index (Phi) is 3.37. The van der Waals surface area contributed by atoms with Crippen molar-refractivity contribution in [2.24, 2.45) is 0 Å². The molecule has 1 aromatic carbocycles. The first-order valence-electron chi connectivity index (χ1n) is 6.00. The number of rotatable bonds is 3. The van der Waals surface area contributed by atoms with E-state index in [1.807, 2.05) is 0 Å². The summed E-state index contributed by atoms with van der Waals surface area (Å²) < 4.78 is 1.48. The molecule has 0 fully saturated rings. The van der Waals surface area contributed by atoms with Gasteiger partial charge in [-0.05, 0) is 24.3 Å². The fraction of sp³-hybridized carbons (Fsp3) is 0. The van der Waals surface area contributed by atoms with Crippen LogP contribution < -0.4 is 0 Å². The zero-order valence-electron chi connectivity index (χ0n) is 10.6. The minimum absolute atomic E-state index is 0.0606. The molecular weight excluding hydrogens is 292 g/mol. The van der Waals surface area contributed by atoms with Crippen LogP contribution in [-0.2, 0) is 0 Å². The predicted molar refractivity (Wildman–Crippen MR) is 76.6 cm³/mol. The van der Waals surface area contributed by atoms with Crippen LogP contribution in [-0.4, -0.2) is 30.8 Å². The van der Waals surface area contributed by atoms with Gasteiger partial charge >= 0.3 is 5.97 Å². The fourth-order valence-electron chi connectivity index (χ4n) is 1.87. The molecule has 3 rings (SSSR count). The van der Waals surface area contributed by atoms with Crippen molar-refractivity contribution in [1.82, 2.24) is 19.7 Å². The van der Waals surface area contributed by atoms with E-state index in [4.69, 9.17) is 11.6 Å². The van der Waals surface area contributed by atoms with E-state index >= 15 is 0 Å². The molecular formula is C14H9ClN4O2. The lowest BCUT2D eigenvalue weighted by atomic mass is 10.2. The van der Waals surface area contributed by atoms with Gasteiger partial charge in [0.05, 0.1) is 11.9 Å². The second-order valence-corrected chi connectivity index (χ2v) is 4.64. The summed E-state index contributed by atoms with van der Waals surface area (Å²) >= 11 is 5.84. The minimum Gasteiger partial charge on any atom is -0.478 e. The van der Waals surface area contributed by atoms with E-state index in [-0.39, 0.29) is 11.3 Å². The molecule has 0 unspecified atom stereocenters. The van der Waals surface area contributed by atoms with Gasteiger partial charge in [-0.2, -0.15) is 5.10 Å². The lowest BCUT2D eigenvalue weighted by Crippen LogP contribution is -1.97. The van der Waals surface area contributed by atoms with Crippen molar-refractivity contribution < 1.29 is 9.90 Å². The van der Waals surface area contributed by atoms with Crippen molar-refractivity contribution in [2.75, 3.05) is 0 Å². The number of carbonyl (C=O) groups is 1. The molecule has 0 atom stereocenters. The van der Waals surface area contributed by atoms with Crippen LogP contribution >= 0.6 is 11.6 Å². The maximum atomic E-state index is 11.4. The van der Waals surface area contributed by atoms with E-state index in [2.05, 4.69) is 15.1 Å². The number of carboxylic acid groups (broad SMARTS) is 1. The maximum absolute atomic E-state index is 11.4. The molecule has 0 bridgehead atoms. The monoisotopic (exact) mass is 300 g/mol. The van der Waals surface area contributed by atoms with Gasteiger partial charge in [-0.25, -0.2) is 9.48 Å². The summed E-state index contributed by atoms with van der Waals surface area (Å²) in [5, 5.41) is 14.2. The van der Waals surface area contributed by atoms with E-state index in [1.165, 1.54) is 29.5 Å². The third-order valence-corrected chi connectivity index (χ3v) is 3.09. The van der Waals surface area contributed by atoms with Crippen molar-refractivity contribution >= 4 is 17.6 Å². The van der Waals surface area contributed by atoms with E-state index in [1.54, 1.807) is 24.3 Å². The van der Waals surface area contributed by atoms with Gasteiger partial charge in [0.1, 0.15) is 17.0 Å². The third-order valence-electron chi connectivity index (χ3n) is 2.84. The molecule has 0 aliphatic rings. The highest BCUT2D eigenvalue weighted by molar-refractivity contribution is 6.30. The zero-order chi connectivity index (χ0) is 14.8. The molecule has 21 heavy (non-hydrogen) atoms. The lowest BCUT2D eigenvalue weighted by Gasteiger charge is -2.00. The summed E-state index contributed by atoms with van der Waals surface area (Å²) in [4.78, 5) is 19.4. The molecule has 0 aliphatic heterocycles. The van der Waals surface area contributed by atoms with Gasteiger partial charge < -0.3 is 5.11 Å². The Hall–Kier alpha value is -2.73. The second-order valence-electron chi connectivity index (χ2n) is 4.21. The van der Waals surface area contributed by atoms with E-state index in [0.29, 0.717) is 16.4 Å². The predicted octanol–water partition coefficient (Wildman–Crippen LogP) is 2.68. The fourth-order valence-corrected chi connectivity index (χ4v) is 1.99. The molecule has 0 spiro atoms. The van der Waals surface area contributed by atoms with Crippen LogP contribution in [0.1, 0.15) is 10.4 Å². The molecule has 3 aromatic rings. The molecule has 1 N–H and O–H groups in total. The first-order valence-corrected chi connectivity index (χ1v) is 6.38. The molecule has 2 heterocycles. The summed E-state index contributed by atoms with van der Waals surface area (Å²) in [5.74, 6) is -1.07. The van der Waals surface area contributed by atoms with Crippen LogP contribution in [0.4, 0.5) is 0 Å². The number of aromatic nitrogens is 4. The Bertz CT molecular complexity index is 784. The summed E-state index contributed by atoms with van der Waals surface area (Å²) in [7, 11) is 0. The number of hydrogen-bond donors (Lipinski definition) is 1. The molecule has 6 nitrogen and oxygen atoms in total. The van der Waals surface area contributed by atoms with Gasteiger partial charge in [0, 0.05) is 23.6 Å². The Morgan fingerprint density at radius 1 is 1.19 bits per heavy atom. The van der Waals surface area contributed by atoms with Crippen molar-refractivity contribution in [3.8, 4) is 17.1 Å². The average molecular weight is 301 g/mol. The second kappa shape index (κ2) is 5.34. The Morgan fingerprint density at radius 2 is 1.95 bits per heavy atom. The van der Waals surface area contributed by atoms with Gasteiger partial charge in [-0.3, -0.25) is 9.97 Å². The van der Waals surface area contributed by atoms with Gasteiger partial charge in [0.2, 0.25) is 0 Å². The number of nitrogens with zero attached hydrogens (tertiary/aromatic N) is 4. The van der Waals surface area contributed by atoms with Crippen molar-refractivity contribution in [1.29, 1.82) is 0 Å². The van der Waals surface area contributed by atoms with E-state index < -0.39 is 5.97 Å². The number of carboxylic acids is 1. The summed E-state index contributed by atoms with van der Waals surface area (Å²) in [6, 6.07) is 6.92. The largest absolute Gasteiger partial charge is 0.478 e. The Morgan fingerprint density at radius 3 is 2.57 bits per heavy atom. The van der Waals surface area contributed by atoms with Crippen LogP contribution in [0.2, 0.25) is 5.02 Å². The standard InChI is InChI=1S/C14H9ClN4O2/c15-9-1-3-10(4-2-9)19-8-11(14(20)21)13(18-19)12-7-16-5-6-17-12/h1-8H,(H,20,21). The summed E-state index contributed by atoms with van der Waals surface area (Å²) in [6.45, 7) is 0. The Balaban J connectivity index is 2.13. The van der Waals surface area contributed by atoms with Gasteiger partial charge in [0.25, 0.3) is 0 Å². The van der Waals surface area contributed by atoms with Crippen LogP contribution in [0.5, 0.6) is 0 Å². The molecule has 0 saturated heterocycles. The lowest BCUT2D eigenvalue weighted by molar-refractivity contribution is 0.0697. The topological polar surface area (TPSA) is 80.9 Å². The molecule has 7 heteroatoms. The van der Waals surface area contributed by atoms with Crippen LogP contribution in [0.25, 0.3) is 17.1 Å². The quantitative estimate of drug-likeness (QED) is 0.804. The number of benzene rings is 1.